The number of aromatic nitrogens is 2. The molecule has 0 aromatic carbocycles. The highest BCUT2D eigenvalue weighted by molar-refractivity contribution is 8.00. The van der Waals surface area contributed by atoms with Gasteiger partial charge in [-0.05, 0) is 6.42 Å². The van der Waals surface area contributed by atoms with E-state index in [-0.39, 0.29) is 13.0 Å². The largest absolute Gasteiger partial charge is 0.415 e. The van der Waals surface area contributed by atoms with Crippen LogP contribution in [-0.2, 0) is 15.5 Å². The first-order valence-corrected chi connectivity index (χ1v) is 9.63. The molecule has 10 nitrogen and oxygen atoms in total. The van der Waals surface area contributed by atoms with Crippen molar-refractivity contribution in [3.8, 4) is 0 Å². The Morgan fingerprint density at radius 3 is 2.83 bits per heavy atom. The highest BCUT2D eigenvalue weighted by atomic mass is 32.2. The first kappa shape index (κ1) is 18.9. The molecule has 12 heteroatoms. The van der Waals surface area contributed by atoms with E-state index in [1.54, 1.807) is 6.92 Å². The number of aromatic amines is 1. The van der Waals surface area contributed by atoms with Crippen LogP contribution in [0.25, 0.3) is 0 Å². The lowest BCUT2D eigenvalue weighted by molar-refractivity contribution is 0.139. The van der Waals surface area contributed by atoms with Gasteiger partial charge >= 0.3 is 18.9 Å². The third-order valence-corrected chi connectivity index (χ3v) is 6.22. The molecule has 0 radical (unpaired) electrons. The van der Waals surface area contributed by atoms with E-state index in [1.807, 2.05) is 0 Å². The lowest BCUT2D eigenvalue weighted by Crippen LogP contribution is -2.32. The van der Waals surface area contributed by atoms with Crippen molar-refractivity contribution in [1.29, 1.82) is 0 Å². The standard InChI is InChI=1S/C12H18N3O7PS/c1-2-6-4-15(12(19)14-10(6)17)9-3-7(16)8(24-9)5-22-23(20,21)11(13)18/h4,7-9,16H,2-3,5H2,1H3,(H2,13,18)(H,20,21)(H,14,17,19)/t7-,8+,9+/m0/s1. The number of aryl methyl sites for hydroxylation is 1. The van der Waals surface area contributed by atoms with Gasteiger partial charge in [0.1, 0.15) is 0 Å². The minimum absolute atomic E-state index is 0.181. The first-order valence-electron chi connectivity index (χ1n) is 7.11. The van der Waals surface area contributed by atoms with Crippen molar-refractivity contribution in [3.63, 3.8) is 0 Å². The SMILES string of the molecule is CCc1cn([C@H]2C[C@H](O)[C@@H](COP(=O)(O)C(N)=O)S2)c(=O)[nH]c1=O. The molecule has 5 N–H and O–H groups in total. The van der Waals surface area contributed by atoms with E-state index in [2.05, 4.69) is 9.51 Å². The summed E-state index contributed by atoms with van der Waals surface area (Å²) in [5.41, 5.74) is 2.65. The second-order valence-corrected chi connectivity index (χ2v) is 8.42. The summed E-state index contributed by atoms with van der Waals surface area (Å²) in [6.07, 6.45) is 1.14. The maximum Gasteiger partial charge on any atom is 0.415 e. The number of nitrogens with one attached hydrogen (secondary N) is 1. The van der Waals surface area contributed by atoms with E-state index in [0.29, 0.717) is 12.0 Å². The molecule has 1 fully saturated rings. The Morgan fingerprint density at radius 2 is 2.25 bits per heavy atom. The van der Waals surface area contributed by atoms with Gasteiger partial charge in [-0.25, -0.2) is 9.36 Å². The molecule has 2 heterocycles. The highest BCUT2D eigenvalue weighted by Crippen LogP contribution is 2.46. The number of thioether (sulfide) groups is 1. The Bertz CT molecular complexity index is 792. The molecule has 1 aromatic rings. The average molecular weight is 379 g/mol. The number of hydrogen-bond acceptors (Lipinski definition) is 7. The Balaban J connectivity index is 2.14. The van der Waals surface area contributed by atoms with Crippen molar-refractivity contribution in [2.24, 2.45) is 5.73 Å². The predicted octanol–water partition coefficient (Wildman–Crippen LogP) is -0.255. The lowest BCUT2D eigenvalue weighted by Gasteiger charge is -2.16. The molecule has 0 aliphatic carbocycles. The van der Waals surface area contributed by atoms with E-state index in [0.717, 1.165) is 11.8 Å². The third kappa shape index (κ3) is 3.98. The van der Waals surface area contributed by atoms with Gasteiger partial charge in [0, 0.05) is 18.2 Å². The number of aliphatic hydroxyl groups excluding tert-OH is 1. The highest BCUT2D eigenvalue weighted by Gasteiger charge is 2.38. The molecule has 1 amide bonds. The minimum Gasteiger partial charge on any atom is -0.392 e. The summed E-state index contributed by atoms with van der Waals surface area (Å²) in [5.74, 6) is 0. The van der Waals surface area contributed by atoms with E-state index in [9.17, 15) is 28.9 Å². The molecule has 4 atom stereocenters. The summed E-state index contributed by atoms with van der Waals surface area (Å²) in [6, 6.07) is 0. The first-order chi connectivity index (χ1) is 11.2. The van der Waals surface area contributed by atoms with E-state index in [1.165, 1.54) is 10.8 Å². The van der Waals surface area contributed by atoms with Crippen LogP contribution in [0.3, 0.4) is 0 Å². The summed E-state index contributed by atoms with van der Waals surface area (Å²) < 4.78 is 17.3. The second-order valence-electron chi connectivity index (χ2n) is 5.26. The summed E-state index contributed by atoms with van der Waals surface area (Å²) in [5, 5.41) is 8.95. The zero-order valence-electron chi connectivity index (χ0n) is 12.7. The number of aliphatic hydroxyl groups is 1. The van der Waals surface area contributed by atoms with Crippen molar-refractivity contribution >= 4 is 25.0 Å². The van der Waals surface area contributed by atoms with Gasteiger partial charge in [0.2, 0.25) is 0 Å². The summed E-state index contributed by atoms with van der Waals surface area (Å²) in [7, 11) is -4.57. The quantitative estimate of drug-likeness (QED) is 0.491. The number of primary amides is 1. The number of carbonyl (C=O) groups excluding carboxylic acids is 1. The van der Waals surface area contributed by atoms with Crippen LogP contribution in [0.4, 0.5) is 4.79 Å². The molecular weight excluding hydrogens is 361 g/mol. The Kier molecular flexibility index (Phi) is 5.71. The molecule has 0 saturated carbocycles. The molecule has 1 aromatic heterocycles. The topological polar surface area (TPSA) is 165 Å². The summed E-state index contributed by atoms with van der Waals surface area (Å²) >= 11 is 1.15. The van der Waals surface area contributed by atoms with Crippen LogP contribution in [0.2, 0.25) is 0 Å². The van der Waals surface area contributed by atoms with Gasteiger partial charge in [-0.3, -0.25) is 19.1 Å². The number of carbonyl (C=O) groups is 1. The van der Waals surface area contributed by atoms with Crippen LogP contribution < -0.4 is 17.0 Å². The lowest BCUT2D eigenvalue weighted by atomic mass is 10.2. The number of H-pyrrole nitrogens is 1. The van der Waals surface area contributed by atoms with Crippen LogP contribution >= 0.6 is 19.4 Å². The average Bonchev–Trinajstić information content (AvgIpc) is 2.86. The minimum atomic E-state index is -4.57. The maximum atomic E-state index is 12.0. The Labute approximate surface area is 140 Å². The molecule has 0 spiro atoms. The molecule has 24 heavy (non-hydrogen) atoms. The normalized spacial score (nSPS) is 26.2. The molecule has 1 unspecified atom stereocenters. The van der Waals surface area contributed by atoms with Gasteiger partial charge < -0.3 is 20.3 Å². The number of rotatable bonds is 6. The number of hydrogen-bond donors (Lipinski definition) is 4. The smallest absolute Gasteiger partial charge is 0.392 e. The molecule has 1 aliphatic heterocycles. The van der Waals surface area contributed by atoms with Crippen molar-refractivity contribution in [2.45, 2.75) is 36.5 Å². The van der Waals surface area contributed by atoms with Crippen LogP contribution in [0.5, 0.6) is 0 Å². The van der Waals surface area contributed by atoms with Gasteiger partial charge in [0.05, 0.1) is 23.3 Å². The van der Waals surface area contributed by atoms with Gasteiger partial charge in [0.25, 0.3) is 5.56 Å². The second kappa shape index (κ2) is 7.24. The van der Waals surface area contributed by atoms with Gasteiger partial charge in [-0.15, -0.1) is 11.8 Å². The summed E-state index contributed by atoms with van der Waals surface area (Å²) in [4.78, 5) is 45.8. The van der Waals surface area contributed by atoms with Crippen LogP contribution in [-0.4, -0.2) is 43.2 Å². The van der Waals surface area contributed by atoms with E-state index in [4.69, 9.17) is 5.73 Å². The van der Waals surface area contributed by atoms with Gasteiger partial charge in [-0.2, -0.15) is 0 Å². The fourth-order valence-corrected chi connectivity index (χ4v) is 4.30. The zero-order chi connectivity index (χ0) is 18.1. The molecule has 0 bridgehead atoms. The number of amides is 1. The molecule has 2 rings (SSSR count). The molecular formula is C12H18N3O7PS. The fraction of sp³-hybridized carbons (Fsp3) is 0.583. The van der Waals surface area contributed by atoms with Crippen LogP contribution in [0, 0.1) is 0 Å². The van der Waals surface area contributed by atoms with Crippen molar-refractivity contribution in [1.82, 2.24) is 9.55 Å². The van der Waals surface area contributed by atoms with Gasteiger partial charge in [-0.1, -0.05) is 6.92 Å². The van der Waals surface area contributed by atoms with Crippen LogP contribution in [0.15, 0.2) is 15.8 Å². The Hall–Kier alpha value is -1.39. The van der Waals surface area contributed by atoms with Crippen molar-refractivity contribution in [3.05, 3.63) is 32.6 Å². The van der Waals surface area contributed by atoms with Crippen molar-refractivity contribution < 1.29 is 23.9 Å². The Morgan fingerprint density at radius 1 is 1.58 bits per heavy atom. The maximum absolute atomic E-state index is 12.0. The number of nitrogens with two attached hydrogens (primary N) is 1. The fourth-order valence-electron chi connectivity index (χ4n) is 2.27. The molecule has 1 aliphatic rings. The molecule has 1 saturated heterocycles. The van der Waals surface area contributed by atoms with Crippen LogP contribution in [0.1, 0.15) is 24.3 Å². The molecule has 134 valence electrons. The summed E-state index contributed by atoms with van der Waals surface area (Å²) in [6.45, 7) is 1.40. The van der Waals surface area contributed by atoms with E-state index >= 15 is 0 Å². The monoisotopic (exact) mass is 379 g/mol. The van der Waals surface area contributed by atoms with Crippen molar-refractivity contribution in [2.75, 3.05) is 6.61 Å². The number of nitrogens with zero attached hydrogens (tertiary/aromatic N) is 1. The predicted molar refractivity (Wildman–Crippen MR) is 87.1 cm³/mol. The van der Waals surface area contributed by atoms with E-state index < -0.39 is 41.2 Å². The zero-order valence-corrected chi connectivity index (χ0v) is 14.5. The third-order valence-electron chi connectivity index (χ3n) is 3.63. The van der Waals surface area contributed by atoms with Gasteiger partial charge in [0.15, 0.2) is 0 Å².